The molecule has 0 aliphatic carbocycles. The second-order valence-corrected chi connectivity index (χ2v) is 5.00. The molecule has 4 nitrogen and oxygen atoms in total. The predicted octanol–water partition coefficient (Wildman–Crippen LogP) is 1.84. The molecule has 1 aliphatic rings. The van der Waals surface area contributed by atoms with Crippen molar-refractivity contribution in [1.82, 2.24) is 10.6 Å². The third kappa shape index (κ3) is 3.07. The van der Waals surface area contributed by atoms with Gasteiger partial charge in [0.15, 0.2) is 0 Å². The highest BCUT2D eigenvalue weighted by atomic mass is 16.5. The maximum absolute atomic E-state index is 12.3. The first-order valence-corrected chi connectivity index (χ1v) is 6.86. The van der Waals surface area contributed by atoms with Crippen LogP contribution in [0, 0.1) is 0 Å². The molecular formula is C15H22N2O2. The smallest absolute Gasteiger partial charge is 0.240 e. The van der Waals surface area contributed by atoms with Crippen LogP contribution in [0.15, 0.2) is 24.3 Å². The van der Waals surface area contributed by atoms with E-state index in [0.717, 1.165) is 37.1 Å². The summed E-state index contributed by atoms with van der Waals surface area (Å²) in [4.78, 5) is 12.3. The van der Waals surface area contributed by atoms with Crippen LogP contribution < -0.4 is 15.4 Å². The number of rotatable bonds is 5. The molecule has 2 rings (SSSR count). The largest absolute Gasteiger partial charge is 0.497 e. The molecule has 4 heteroatoms. The molecule has 104 valence electrons. The predicted molar refractivity (Wildman–Crippen MR) is 75.1 cm³/mol. The maximum atomic E-state index is 12.3. The summed E-state index contributed by atoms with van der Waals surface area (Å²) >= 11 is 0. The van der Waals surface area contributed by atoms with Crippen LogP contribution >= 0.6 is 0 Å². The molecule has 1 aromatic rings. The number of ether oxygens (including phenoxy) is 1. The Morgan fingerprint density at radius 3 is 2.68 bits per heavy atom. The van der Waals surface area contributed by atoms with Gasteiger partial charge in [0.2, 0.25) is 5.91 Å². The van der Waals surface area contributed by atoms with Gasteiger partial charge in [-0.2, -0.15) is 0 Å². The molecule has 1 heterocycles. The summed E-state index contributed by atoms with van der Waals surface area (Å²) in [6, 6.07) is 7.76. The van der Waals surface area contributed by atoms with E-state index in [2.05, 4.69) is 17.6 Å². The van der Waals surface area contributed by atoms with Gasteiger partial charge in [-0.05, 0) is 43.5 Å². The first kappa shape index (κ1) is 13.9. The van der Waals surface area contributed by atoms with Crippen LogP contribution in [0.2, 0.25) is 0 Å². The highest BCUT2D eigenvalue weighted by Crippen LogP contribution is 2.23. The Bertz CT molecular complexity index is 422. The fourth-order valence-corrected chi connectivity index (χ4v) is 2.56. The summed E-state index contributed by atoms with van der Waals surface area (Å²) in [5, 5.41) is 6.37. The topological polar surface area (TPSA) is 50.4 Å². The second-order valence-electron chi connectivity index (χ2n) is 5.00. The molecule has 0 bridgehead atoms. The van der Waals surface area contributed by atoms with Crippen molar-refractivity contribution in [2.45, 2.75) is 38.3 Å². The minimum atomic E-state index is -0.355. The monoisotopic (exact) mass is 262 g/mol. The van der Waals surface area contributed by atoms with Gasteiger partial charge < -0.3 is 15.4 Å². The zero-order valence-electron chi connectivity index (χ0n) is 11.7. The fraction of sp³-hybridized carbons (Fsp3) is 0.533. The lowest BCUT2D eigenvalue weighted by Gasteiger charge is -2.26. The van der Waals surface area contributed by atoms with E-state index in [4.69, 9.17) is 4.74 Å². The van der Waals surface area contributed by atoms with E-state index in [-0.39, 0.29) is 11.4 Å². The zero-order valence-corrected chi connectivity index (χ0v) is 11.7. The first-order valence-electron chi connectivity index (χ1n) is 6.86. The Morgan fingerprint density at radius 2 is 2.16 bits per heavy atom. The Balaban J connectivity index is 1.92. The third-order valence-electron chi connectivity index (χ3n) is 3.89. The molecule has 1 aliphatic heterocycles. The van der Waals surface area contributed by atoms with Gasteiger partial charge in [-0.1, -0.05) is 19.1 Å². The summed E-state index contributed by atoms with van der Waals surface area (Å²) in [6.45, 7) is 3.56. The molecule has 1 amide bonds. The van der Waals surface area contributed by atoms with Crippen molar-refractivity contribution in [3.8, 4) is 5.75 Å². The van der Waals surface area contributed by atoms with Gasteiger partial charge in [0, 0.05) is 6.54 Å². The molecular weight excluding hydrogens is 240 g/mol. The SMILES string of the molecule is CCC1(C(=O)NCc2ccc(OC)cc2)CCCN1. The standard InChI is InChI=1S/C15H22N2O2/c1-3-15(9-4-10-17-15)14(18)16-11-12-5-7-13(19-2)8-6-12/h5-8,17H,3-4,9-11H2,1-2H3,(H,16,18). The molecule has 0 aromatic heterocycles. The Hall–Kier alpha value is -1.55. The van der Waals surface area contributed by atoms with Gasteiger partial charge in [-0.3, -0.25) is 4.79 Å². The van der Waals surface area contributed by atoms with Crippen molar-refractivity contribution < 1.29 is 9.53 Å². The lowest BCUT2D eigenvalue weighted by Crippen LogP contribution is -2.52. The van der Waals surface area contributed by atoms with E-state index in [1.165, 1.54) is 0 Å². The highest BCUT2D eigenvalue weighted by molar-refractivity contribution is 5.86. The summed E-state index contributed by atoms with van der Waals surface area (Å²) in [7, 11) is 1.65. The molecule has 1 fully saturated rings. The van der Waals surface area contributed by atoms with E-state index in [0.29, 0.717) is 6.54 Å². The average Bonchev–Trinajstić information content (AvgIpc) is 2.95. The van der Waals surface area contributed by atoms with E-state index in [1.54, 1.807) is 7.11 Å². The van der Waals surface area contributed by atoms with Crippen molar-refractivity contribution in [1.29, 1.82) is 0 Å². The third-order valence-corrected chi connectivity index (χ3v) is 3.89. The van der Waals surface area contributed by atoms with Crippen LogP contribution in [0.1, 0.15) is 31.7 Å². The molecule has 19 heavy (non-hydrogen) atoms. The second kappa shape index (κ2) is 6.06. The van der Waals surface area contributed by atoms with E-state index < -0.39 is 0 Å². The van der Waals surface area contributed by atoms with Crippen LogP contribution in [-0.2, 0) is 11.3 Å². The number of carbonyl (C=O) groups excluding carboxylic acids is 1. The normalized spacial score (nSPS) is 22.2. The molecule has 0 spiro atoms. The van der Waals surface area contributed by atoms with Crippen molar-refractivity contribution in [2.24, 2.45) is 0 Å². The minimum Gasteiger partial charge on any atom is -0.497 e. The number of carbonyl (C=O) groups is 1. The Kier molecular flexibility index (Phi) is 4.43. The van der Waals surface area contributed by atoms with Crippen molar-refractivity contribution in [3.63, 3.8) is 0 Å². The first-order chi connectivity index (χ1) is 9.20. The summed E-state index contributed by atoms with van der Waals surface area (Å²) in [5.41, 5.74) is 0.727. The number of benzene rings is 1. The summed E-state index contributed by atoms with van der Waals surface area (Å²) in [6.07, 6.45) is 2.84. The molecule has 2 N–H and O–H groups in total. The maximum Gasteiger partial charge on any atom is 0.240 e. The van der Waals surface area contributed by atoms with Gasteiger partial charge >= 0.3 is 0 Å². The van der Waals surface area contributed by atoms with Crippen LogP contribution in [0.4, 0.5) is 0 Å². The molecule has 0 saturated carbocycles. The number of amides is 1. The van der Waals surface area contributed by atoms with Gasteiger partial charge in [-0.15, -0.1) is 0 Å². The number of methoxy groups -OCH3 is 1. The average molecular weight is 262 g/mol. The van der Waals surface area contributed by atoms with Gasteiger partial charge in [-0.25, -0.2) is 0 Å². The number of hydrogen-bond acceptors (Lipinski definition) is 3. The van der Waals surface area contributed by atoms with Gasteiger partial charge in [0.25, 0.3) is 0 Å². The summed E-state index contributed by atoms with van der Waals surface area (Å²) < 4.78 is 5.11. The molecule has 0 radical (unpaired) electrons. The van der Waals surface area contributed by atoms with Gasteiger partial charge in [0.05, 0.1) is 12.6 Å². The van der Waals surface area contributed by atoms with Crippen LogP contribution in [0.5, 0.6) is 5.75 Å². The Morgan fingerprint density at radius 1 is 1.42 bits per heavy atom. The quantitative estimate of drug-likeness (QED) is 0.851. The highest BCUT2D eigenvalue weighted by Gasteiger charge is 2.38. The van der Waals surface area contributed by atoms with Crippen molar-refractivity contribution >= 4 is 5.91 Å². The lowest BCUT2D eigenvalue weighted by molar-refractivity contribution is -0.127. The van der Waals surface area contributed by atoms with E-state index >= 15 is 0 Å². The molecule has 1 aromatic carbocycles. The fourth-order valence-electron chi connectivity index (χ4n) is 2.56. The van der Waals surface area contributed by atoms with Crippen LogP contribution in [0.25, 0.3) is 0 Å². The molecule has 1 unspecified atom stereocenters. The number of hydrogen-bond donors (Lipinski definition) is 2. The minimum absolute atomic E-state index is 0.114. The van der Waals surface area contributed by atoms with Gasteiger partial charge in [0.1, 0.15) is 5.75 Å². The van der Waals surface area contributed by atoms with Crippen molar-refractivity contribution in [2.75, 3.05) is 13.7 Å². The summed E-state index contributed by atoms with van der Waals surface area (Å²) in [5.74, 6) is 0.945. The van der Waals surface area contributed by atoms with E-state index in [1.807, 2.05) is 24.3 Å². The van der Waals surface area contributed by atoms with Crippen LogP contribution in [0.3, 0.4) is 0 Å². The van der Waals surface area contributed by atoms with E-state index in [9.17, 15) is 4.79 Å². The zero-order chi connectivity index (χ0) is 13.7. The molecule has 1 atom stereocenters. The molecule has 1 saturated heterocycles. The number of nitrogens with one attached hydrogen (secondary N) is 2. The van der Waals surface area contributed by atoms with Crippen LogP contribution in [-0.4, -0.2) is 25.1 Å². The van der Waals surface area contributed by atoms with Crippen molar-refractivity contribution in [3.05, 3.63) is 29.8 Å². The Labute approximate surface area is 114 Å². The lowest BCUT2D eigenvalue weighted by atomic mass is 9.93.